The number of nitrogens with zero attached hydrogens (tertiary/aromatic N) is 1. The lowest BCUT2D eigenvalue weighted by Crippen LogP contribution is -2.18. The van der Waals surface area contributed by atoms with Gasteiger partial charge >= 0.3 is 0 Å². The summed E-state index contributed by atoms with van der Waals surface area (Å²) < 4.78 is 5.36. The fourth-order valence-corrected chi connectivity index (χ4v) is 2.46. The van der Waals surface area contributed by atoms with Gasteiger partial charge in [0.1, 0.15) is 5.75 Å². The van der Waals surface area contributed by atoms with Gasteiger partial charge in [-0.05, 0) is 37.3 Å². The number of aromatic amines is 1. The van der Waals surface area contributed by atoms with E-state index in [4.69, 9.17) is 4.74 Å². The highest BCUT2D eigenvalue weighted by Gasteiger charge is 2.11. The molecule has 3 aromatic rings. The van der Waals surface area contributed by atoms with Gasteiger partial charge in [0.2, 0.25) is 5.91 Å². The number of hydrogen-bond donors (Lipinski definition) is 2. The predicted molar refractivity (Wildman–Crippen MR) is 92.3 cm³/mol. The van der Waals surface area contributed by atoms with E-state index in [9.17, 15) is 9.59 Å². The van der Waals surface area contributed by atoms with Crippen LogP contribution < -0.4 is 15.6 Å². The van der Waals surface area contributed by atoms with E-state index < -0.39 is 0 Å². The predicted octanol–water partition coefficient (Wildman–Crippen LogP) is 2.50. The monoisotopic (exact) mass is 323 g/mol. The maximum absolute atomic E-state index is 12.2. The van der Waals surface area contributed by atoms with Crippen molar-refractivity contribution in [2.24, 2.45) is 0 Å². The lowest BCUT2D eigenvalue weighted by molar-refractivity contribution is -0.115. The minimum absolute atomic E-state index is 0.0739. The Bertz CT molecular complexity index is 917. The zero-order chi connectivity index (χ0) is 16.9. The van der Waals surface area contributed by atoms with Gasteiger partial charge in [0.25, 0.3) is 5.56 Å². The van der Waals surface area contributed by atoms with Crippen LogP contribution in [0.2, 0.25) is 0 Å². The van der Waals surface area contributed by atoms with Gasteiger partial charge in [0.05, 0.1) is 24.1 Å². The third kappa shape index (κ3) is 3.43. The normalized spacial score (nSPS) is 10.5. The summed E-state index contributed by atoms with van der Waals surface area (Å²) in [6, 6.07) is 14.3. The van der Waals surface area contributed by atoms with Crippen LogP contribution in [0.15, 0.2) is 53.3 Å². The topological polar surface area (TPSA) is 84.1 Å². The smallest absolute Gasteiger partial charge is 0.272 e. The molecule has 6 nitrogen and oxygen atoms in total. The number of fused-ring (bicyclic) bond motifs is 1. The lowest BCUT2D eigenvalue weighted by Gasteiger charge is -2.08. The Kier molecular flexibility index (Phi) is 4.56. The van der Waals surface area contributed by atoms with Crippen molar-refractivity contribution in [3.63, 3.8) is 0 Å². The summed E-state index contributed by atoms with van der Waals surface area (Å²) in [5.74, 6) is 0.549. The maximum Gasteiger partial charge on any atom is 0.272 e. The average Bonchev–Trinajstić information content (AvgIpc) is 2.60. The van der Waals surface area contributed by atoms with Crippen LogP contribution in [0.25, 0.3) is 10.8 Å². The molecule has 0 saturated carbocycles. The number of amides is 1. The Hall–Kier alpha value is -3.15. The van der Waals surface area contributed by atoms with Crippen molar-refractivity contribution in [1.29, 1.82) is 0 Å². The molecule has 122 valence electrons. The molecule has 2 aromatic carbocycles. The molecule has 0 aliphatic carbocycles. The molecule has 24 heavy (non-hydrogen) atoms. The standard InChI is InChI=1S/C18H17N3O3/c1-2-24-13-9-7-12(8-10-13)19-17(22)11-16-14-5-3-4-6-15(14)18(23)21-20-16/h3-10H,2,11H2,1H3,(H,19,22)(H,21,23). The molecule has 6 heteroatoms. The number of anilines is 1. The number of carbonyl (C=O) groups excluding carboxylic acids is 1. The van der Waals surface area contributed by atoms with Crippen LogP contribution in [0.3, 0.4) is 0 Å². The Labute approximate surface area is 138 Å². The molecule has 2 N–H and O–H groups in total. The first kappa shape index (κ1) is 15.7. The Morgan fingerprint density at radius 3 is 2.54 bits per heavy atom. The number of H-pyrrole nitrogens is 1. The second-order valence-electron chi connectivity index (χ2n) is 5.23. The lowest BCUT2D eigenvalue weighted by atomic mass is 10.1. The molecule has 0 aliphatic heterocycles. The minimum Gasteiger partial charge on any atom is -0.494 e. The van der Waals surface area contributed by atoms with E-state index in [-0.39, 0.29) is 17.9 Å². The van der Waals surface area contributed by atoms with E-state index in [0.717, 1.165) is 5.75 Å². The summed E-state index contributed by atoms with van der Waals surface area (Å²) in [6.07, 6.45) is 0.0739. The van der Waals surface area contributed by atoms with Crippen molar-refractivity contribution in [2.75, 3.05) is 11.9 Å². The molecule has 0 fully saturated rings. The van der Waals surface area contributed by atoms with Crippen LogP contribution in [0.5, 0.6) is 5.75 Å². The third-order valence-electron chi connectivity index (χ3n) is 3.55. The number of nitrogens with one attached hydrogen (secondary N) is 2. The van der Waals surface area contributed by atoms with Crippen molar-refractivity contribution in [2.45, 2.75) is 13.3 Å². The average molecular weight is 323 g/mol. The molecule has 0 aliphatic rings. The summed E-state index contributed by atoms with van der Waals surface area (Å²) in [5, 5.41) is 10.5. The van der Waals surface area contributed by atoms with E-state index in [0.29, 0.717) is 28.8 Å². The van der Waals surface area contributed by atoms with Crippen molar-refractivity contribution < 1.29 is 9.53 Å². The second kappa shape index (κ2) is 6.95. The fourth-order valence-electron chi connectivity index (χ4n) is 2.46. The van der Waals surface area contributed by atoms with Gasteiger partial charge in [0.15, 0.2) is 0 Å². The van der Waals surface area contributed by atoms with Gasteiger partial charge in [-0.3, -0.25) is 9.59 Å². The van der Waals surface area contributed by atoms with E-state index in [1.807, 2.05) is 13.0 Å². The second-order valence-corrected chi connectivity index (χ2v) is 5.23. The van der Waals surface area contributed by atoms with Crippen LogP contribution in [0.1, 0.15) is 12.6 Å². The Morgan fingerprint density at radius 2 is 1.83 bits per heavy atom. The zero-order valence-corrected chi connectivity index (χ0v) is 13.2. The highest BCUT2D eigenvalue weighted by molar-refractivity contribution is 5.95. The van der Waals surface area contributed by atoms with Crippen molar-refractivity contribution in [3.8, 4) is 5.75 Å². The third-order valence-corrected chi connectivity index (χ3v) is 3.55. The molecule has 0 saturated heterocycles. The quantitative estimate of drug-likeness (QED) is 0.755. The summed E-state index contributed by atoms with van der Waals surface area (Å²) in [4.78, 5) is 24.0. The number of aromatic nitrogens is 2. The van der Waals surface area contributed by atoms with Crippen LogP contribution >= 0.6 is 0 Å². The molecule has 3 rings (SSSR count). The van der Waals surface area contributed by atoms with Crippen LogP contribution in [0, 0.1) is 0 Å². The molecule has 0 unspecified atom stereocenters. The van der Waals surface area contributed by atoms with E-state index >= 15 is 0 Å². The molecule has 0 spiro atoms. The van der Waals surface area contributed by atoms with Gasteiger partial charge in [0, 0.05) is 11.1 Å². The van der Waals surface area contributed by atoms with Gasteiger partial charge < -0.3 is 10.1 Å². The number of benzene rings is 2. The zero-order valence-electron chi connectivity index (χ0n) is 13.2. The summed E-state index contributed by atoms with van der Waals surface area (Å²) >= 11 is 0. The molecular weight excluding hydrogens is 306 g/mol. The largest absolute Gasteiger partial charge is 0.494 e. The molecule has 0 bridgehead atoms. The number of carbonyl (C=O) groups is 1. The maximum atomic E-state index is 12.2. The highest BCUT2D eigenvalue weighted by atomic mass is 16.5. The summed E-state index contributed by atoms with van der Waals surface area (Å²) in [5.41, 5.74) is 0.951. The van der Waals surface area contributed by atoms with Gasteiger partial charge in [-0.2, -0.15) is 5.10 Å². The summed E-state index contributed by atoms with van der Waals surface area (Å²) in [6.45, 7) is 2.51. The van der Waals surface area contributed by atoms with Crippen molar-refractivity contribution in [3.05, 3.63) is 64.6 Å². The number of rotatable bonds is 5. The van der Waals surface area contributed by atoms with E-state index in [1.165, 1.54) is 0 Å². The molecule has 1 amide bonds. The van der Waals surface area contributed by atoms with Gasteiger partial charge in [-0.1, -0.05) is 18.2 Å². The molecule has 0 radical (unpaired) electrons. The number of hydrogen-bond acceptors (Lipinski definition) is 4. The van der Waals surface area contributed by atoms with Crippen molar-refractivity contribution in [1.82, 2.24) is 10.2 Å². The Morgan fingerprint density at radius 1 is 1.12 bits per heavy atom. The molecular formula is C18H17N3O3. The number of ether oxygens (including phenoxy) is 1. The highest BCUT2D eigenvalue weighted by Crippen LogP contribution is 2.17. The van der Waals surface area contributed by atoms with Crippen molar-refractivity contribution >= 4 is 22.4 Å². The van der Waals surface area contributed by atoms with E-state index in [2.05, 4.69) is 15.5 Å². The van der Waals surface area contributed by atoms with Gasteiger partial charge in [-0.25, -0.2) is 5.10 Å². The Balaban J connectivity index is 1.75. The van der Waals surface area contributed by atoms with Crippen LogP contribution in [-0.2, 0) is 11.2 Å². The molecule has 0 atom stereocenters. The molecule has 1 heterocycles. The minimum atomic E-state index is -0.263. The van der Waals surface area contributed by atoms with Crippen LogP contribution in [0.4, 0.5) is 5.69 Å². The SMILES string of the molecule is CCOc1ccc(NC(=O)Cc2n[nH]c(=O)c3ccccc23)cc1. The first-order chi connectivity index (χ1) is 11.7. The molecule has 1 aromatic heterocycles. The van der Waals surface area contributed by atoms with E-state index in [1.54, 1.807) is 42.5 Å². The first-order valence-corrected chi connectivity index (χ1v) is 7.66. The van der Waals surface area contributed by atoms with Gasteiger partial charge in [-0.15, -0.1) is 0 Å². The first-order valence-electron chi connectivity index (χ1n) is 7.66. The summed E-state index contributed by atoms with van der Waals surface area (Å²) in [7, 11) is 0. The fraction of sp³-hybridized carbons (Fsp3) is 0.167. The van der Waals surface area contributed by atoms with Crippen LogP contribution in [-0.4, -0.2) is 22.7 Å².